The van der Waals surface area contributed by atoms with Gasteiger partial charge in [-0.3, -0.25) is 9.59 Å². The van der Waals surface area contributed by atoms with Crippen molar-refractivity contribution >= 4 is 17.9 Å². The van der Waals surface area contributed by atoms with Gasteiger partial charge in [-0.2, -0.15) is 0 Å². The van der Waals surface area contributed by atoms with Gasteiger partial charge in [-0.25, -0.2) is 4.79 Å². The van der Waals surface area contributed by atoms with Crippen LogP contribution in [0.4, 0.5) is 0 Å². The maximum absolute atomic E-state index is 12.8. The number of ether oxygens (including phenoxy) is 3. The predicted octanol–water partition coefficient (Wildman–Crippen LogP) is 14.7. The Kier molecular flexibility index (Phi) is 43.0. The van der Waals surface area contributed by atoms with Gasteiger partial charge in [0.25, 0.3) is 0 Å². The molecule has 0 aromatic rings. The first-order valence-electron chi connectivity index (χ1n) is 25.5. The summed E-state index contributed by atoms with van der Waals surface area (Å²) in [7, 11) is 5.52. The fourth-order valence-corrected chi connectivity index (χ4v) is 7.23. The minimum atomic E-state index is -0.881. The summed E-state index contributed by atoms with van der Waals surface area (Å²) in [5.41, 5.74) is 0. The van der Waals surface area contributed by atoms with Gasteiger partial charge in [-0.1, -0.05) is 202 Å². The predicted molar refractivity (Wildman–Crippen MR) is 266 cm³/mol. The van der Waals surface area contributed by atoms with Crippen molar-refractivity contribution in [3.05, 3.63) is 72.9 Å². The highest BCUT2D eigenvalue weighted by Gasteiger charge is 2.31. The molecule has 8 heteroatoms. The molecule has 0 aliphatic carbocycles. The standard InChI is InChI=1S/C55H95NO7/c1-6-8-10-12-14-16-18-20-22-24-26-27-28-30-32-34-36-38-40-42-44-46-54(58)63-51(49-61-48-47-52(55(59)60)56(3,4)5)50-62-53(57)45-43-41-39-37-35-33-31-29-25-23-21-19-17-15-13-11-9-7-2/h11,13,15,17,19,21,23,25,27-29,31,51-52H,6-10,12,14,16,18,20,22,24,26,30,32-50H2,1-5H3/p+1/b13-11+,17-15+,21-19+,25-23+,28-27+,31-29+. The first-order valence-corrected chi connectivity index (χ1v) is 25.5. The third-order valence-corrected chi connectivity index (χ3v) is 11.2. The molecule has 362 valence electrons. The number of hydrogen-bond donors (Lipinski definition) is 1. The SMILES string of the molecule is CCC/C=C/C=C/C=C/C=C/C=C/CCCCCCCC(=O)OCC(COCCC(C(=O)O)[N+](C)(C)C)OC(=O)CCCCCCCCC/C=C/CCCCCCCCCCCC. The normalized spacial score (nSPS) is 13.5. The summed E-state index contributed by atoms with van der Waals surface area (Å²) in [6.07, 6.45) is 58.0. The van der Waals surface area contributed by atoms with Crippen molar-refractivity contribution in [3.63, 3.8) is 0 Å². The van der Waals surface area contributed by atoms with Gasteiger partial charge in [-0.15, -0.1) is 0 Å². The lowest BCUT2D eigenvalue weighted by Gasteiger charge is -2.31. The molecule has 1 N–H and O–H groups in total. The van der Waals surface area contributed by atoms with E-state index in [0.717, 1.165) is 64.2 Å². The van der Waals surface area contributed by atoms with E-state index in [0.29, 0.717) is 19.3 Å². The first-order chi connectivity index (χ1) is 30.6. The summed E-state index contributed by atoms with van der Waals surface area (Å²) in [4.78, 5) is 37.1. The van der Waals surface area contributed by atoms with E-state index in [1.54, 1.807) is 0 Å². The van der Waals surface area contributed by atoms with Gasteiger partial charge in [0.1, 0.15) is 6.61 Å². The van der Waals surface area contributed by atoms with Crippen LogP contribution < -0.4 is 0 Å². The summed E-state index contributed by atoms with van der Waals surface area (Å²) >= 11 is 0. The number of unbranched alkanes of at least 4 members (excludes halogenated alkanes) is 23. The Morgan fingerprint density at radius 2 is 0.889 bits per heavy atom. The molecule has 0 fully saturated rings. The first kappa shape index (κ1) is 59.8. The molecule has 2 unspecified atom stereocenters. The van der Waals surface area contributed by atoms with Crippen LogP contribution in [0.1, 0.15) is 206 Å². The molecule has 0 saturated carbocycles. The second-order valence-electron chi connectivity index (χ2n) is 18.2. The summed E-state index contributed by atoms with van der Waals surface area (Å²) < 4.78 is 17.3. The Morgan fingerprint density at radius 1 is 0.476 bits per heavy atom. The fraction of sp³-hybridized carbons (Fsp3) is 0.727. The van der Waals surface area contributed by atoms with E-state index in [2.05, 4.69) is 50.3 Å². The summed E-state index contributed by atoms with van der Waals surface area (Å²) in [6, 6.07) is -0.623. The highest BCUT2D eigenvalue weighted by atomic mass is 16.6. The van der Waals surface area contributed by atoms with Crippen LogP contribution >= 0.6 is 0 Å². The summed E-state index contributed by atoms with van der Waals surface area (Å²) in [5, 5.41) is 9.65. The van der Waals surface area contributed by atoms with Gasteiger partial charge in [0.2, 0.25) is 0 Å². The largest absolute Gasteiger partial charge is 0.477 e. The Hall–Kier alpha value is -3.23. The van der Waals surface area contributed by atoms with Crippen LogP contribution in [-0.4, -0.2) is 80.6 Å². The quantitative estimate of drug-likeness (QED) is 0.0214. The number of nitrogens with zero attached hydrogens (tertiary/aromatic N) is 1. The fourth-order valence-electron chi connectivity index (χ4n) is 7.23. The van der Waals surface area contributed by atoms with E-state index >= 15 is 0 Å². The highest BCUT2D eigenvalue weighted by Crippen LogP contribution is 2.15. The van der Waals surface area contributed by atoms with Crippen LogP contribution in [0.25, 0.3) is 0 Å². The van der Waals surface area contributed by atoms with Gasteiger partial charge < -0.3 is 23.8 Å². The zero-order valence-corrected chi connectivity index (χ0v) is 41.3. The number of hydrogen-bond acceptors (Lipinski definition) is 6. The Labute approximate surface area is 387 Å². The molecule has 0 spiro atoms. The molecule has 63 heavy (non-hydrogen) atoms. The third-order valence-electron chi connectivity index (χ3n) is 11.2. The zero-order chi connectivity index (χ0) is 46.3. The maximum atomic E-state index is 12.8. The van der Waals surface area contributed by atoms with Crippen molar-refractivity contribution in [3.8, 4) is 0 Å². The summed E-state index contributed by atoms with van der Waals surface area (Å²) in [5.74, 6) is -1.51. The molecule has 0 saturated heterocycles. The van der Waals surface area contributed by atoms with Crippen molar-refractivity contribution in [2.24, 2.45) is 0 Å². The average Bonchev–Trinajstić information content (AvgIpc) is 3.24. The lowest BCUT2D eigenvalue weighted by atomic mass is 10.1. The van der Waals surface area contributed by atoms with Crippen molar-refractivity contribution in [1.29, 1.82) is 0 Å². The molecule has 0 bridgehead atoms. The molecule has 0 amide bonds. The van der Waals surface area contributed by atoms with Crippen molar-refractivity contribution in [1.82, 2.24) is 0 Å². The monoisotopic (exact) mass is 883 g/mol. The Balaban J connectivity index is 4.31. The number of carboxylic acids is 1. The number of aliphatic carboxylic acids is 1. The van der Waals surface area contributed by atoms with E-state index in [-0.39, 0.29) is 36.2 Å². The van der Waals surface area contributed by atoms with E-state index < -0.39 is 18.1 Å². The van der Waals surface area contributed by atoms with Crippen molar-refractivity contribution in [2.75, 3.05) is 41.0 Å². The van der Waals surface area contributed by atoms with Crippen LogP contribution in [0.3, 0.4) is 0 Å². The Morgan fingerprint density at radius 3 is 1.35 bits per heavy atom. The van der Waals surface area contributed by atoms with E-state index in [4.69, 9.17) is 14.2 Å². The van der Waals surface area contributed by atoms with Crippen LogP contribution in [0.2, 0.25) is 0 Å². The number of quaternary nitrogens is 1. The van der Waals surface area contributed by atoms with Gasteiger partial charge in [0, 0.05) is 19.3 Å². The number of carboxylic acid groups (broad SMARTS) is 1. The summed E-state index contributed by atoms with van der Waals surface area (Å²) in [6.45, 7) is 4.63. The van der Waals surface area contributed by atoms with Crippen LogP contribution in [0, 0.1) is 0 Å². The van der Waals surface area contributed by atoms with Crippen LogP contribution in [0.5, 0.6) is 0 Å². The number of carbonyl (C=O) groups is 3. The molecule has 0 rings (SSSR count). The molecular formula is C55H96NO7+. The lowest BCUT2D eigenvalue weighted by Crippen LogP contribution is -2.50. The minimum absolute atomic E-state index is 0.0479. The molecular weight excluding hydrogens is 787 g/mol. The maximum Gasteiger partial charge on any atom is 0.362 e. The van der Waals surface area contributed by atoms with E-state index in [9.17, 15) is 19.5 Å². The van der Waals surface area contributed by atoms with E-state index in [1.807, 2.05) is 57.6 Å². The topological polar surface area (TPSA) is 99.1 Å². The number of rotatable bonds is 45. The van der Waals surface area contributed by atoms with E-state index in [1.165, 1.54) is 109 Å². The number of esters is 2. The molecule has 2 atom stereocenters. The van der Waals surface area contributed by atoms with Gasteiger partial charge in [0.05, 0.1) is 34.4 Å². The van der Waals surface area contributed by atoms with Crippen LogP contribution in [-0.2, 0) is 28.6 Å². The smallest absolute Gasteiger partial charge is 0.362 e. The third kappa shape index (κ3) is 43.8. The molecule has 0 aliphatic rings. The van der Waals surface area contributed by atoms with Crippen LogP contribution in [0.15, 0.2) is 72.9 Å². The zero-order valence-electron chi connectivity index (χ0n) is 41.3. The molecule has 8 nitrogen and oxygen atoms in total. The number of carbonyl (C=O) groups excluding carboxylic acids is 2. The second-order valence-corrected chi connectivity index (χ2v) is 18.2. The lowest BCUT2D eigenvalue weighted by molar-refractivity contribution is -0.887. The molecule has 0 radical (unpaired) electrons. The van der Waals surface area contributed by atoms with Gasteiger partial charge in [-0.05, 0) is 57.8 Å². The average molecular weight is 883 g/mol. The minimum Gasteiger partial charge on any atom is -0.477 e. The van der Waals surface area contributed by atoms with Crippen molar-refractivity contribution < 1.29 is 38.2 Å². The Bertz CT molecular complexity index is 1260. The molecule has 0 aromatic carbocycles. The molecule has 0 aliphatic heterocycles. The highest BCUT2D eigenvalue weighted by molar-refractivity contribution is 5.72. The number of allylic oxidation sites excluding steroid dienone is 12. The number of likely N-dealkylation sites (N-methyl/N-ethyl adjacent to an activating group) is 1. The second kappa shape index (κ2) is 45.3. The molecule has 0 heterocycles. The van der Waals surface area contributed by atoms with Gasteiger partial charge >= 0.3 is 17.9 Å². The van der Waals surface area contributed by atoms with Crippen molar-refractivity contribution in [2.45, 2.75) is 219 Å². The van der Waals surface area contributed by atoms with Gasteiger partial charge in [0.15, 0.2) is 12.1 Å². The molecule has 0 aromatic heterocycles.